The number of ether oxygens (including phenoxy) is 2. The van der Waals surface area contributed by atoms with Crippen molar-refractivity contribution in [1.82, 2.24) is 5.32 Å². The van der Waals surface area contributed by atoms with Crippen molar-refractivity contribution < 1.29 is 32.2 Å². The van der Waals surface area contributed by atoms with Gasteiger partial charge in [-0.25, -0.2) is 4.79 Å². The van der Waals surface area contributed by atoms with Crippen LogP contribution >= 0.6 is 34.8 Å². The van der Waals surface area contributed by atoms with E-state index in [2.05, 4.69) is 15.4 Å². The molecule has 3 aromatic carbocycles. The van der Waals surface area contributed by atoms with Gasteiger partial charge in [0.25, 0.3) is 0 Å². The van der Waals surface area contributed by atoms with Gasteiger partial charge in [0.2, 0.25) is 0 Å². The summed E-state index contributed by atoms with van der Waals surface area (Å²) in [6, 6.07) is 12.2. The summed E-state index contributed by atoms with van der Waals surface area (Å²) >= 11 is 18.7. The van der Waals surface area contributed by atoms with Crippen molar-refractivity contribution in [2.75, 3.05) is 5.32 Å². The lowest BCUT2D eigenvalue weighted by Gasteiger charge is -2.16. The lowest BCUT2D eigenvalue weighted by molar-refractivity contribution is -0.274. The number of carbonyl (C=O) groups is 2. The first-order chi connectivity index (χ1) is 16.4. The summed E-state index contributed by atoms with van der Waals surface area (Å²) < 4.78 is 47.5. The Morgan fingerprint density at radius 1 is 0.943 bits per heavy atom. The van der Waals surface area contributed by atoms with Crippen LogP contribution in [0.4, 0.5) is 23.7 Å². The van der Waals surface area contributed by atoms with Crippen LogP contribution in [0.15, 0.2) is 54.6 Å². The van der Waals surface area contributed by atoms with Gasteiger partial charge in [0.1, 0.15) is 5.75 Å². The molecule has 0 unspecified atom stereocenters. The summed E-state index contributed by atoms with van der Waals surface area (Å²) in [6.45, 7) is 1.19. The van der Waals surface area contributed by atoms with E-state index < -0.39 is 24.1 Å². The van der Waals surface area contributed by atoms with Crippen LogP contribution in [0.3, 0.4) is 0 Å². The van der Waals surface area contributed by atoms with Crippen LogP contribution in [0.2, 0.25) is 15.1 Å². The maximum atomic E-state index is 12.8. The van der Waals surface area contributed by atoms with Crippen molar-refractivity contribution >= 4 is 52.5 Å². The molecule has 0 saturated carbocycles. The molecule has 2 amide bonds. The lowest BCUT2D eigenvalue weighted by Crippen LogP contribution is -2.28. The zero-order chi connectivity index (χ0) is 25.8. The minimum Gasteiger partial charge on any atom is -0.425 e. The Balaban J connectivity index is 1.77. The minimum absolute atomic E-state index is 0.0157. The Bertz CT molecular complexity index is 1250. The van der Waals surface area contributed by atoms with E-state index in [0.717, 1.165) is 6.07 Å². The van der Waals surface area contributed by atoms with Gasteiger partial charge in [0, 0.05) is 35.8 Å². The fourth-order valence-corrected chi connectivity index (χ4v) is 4.01. The number of hydrogen-bond acceptors (Lipinski definition) is 4. The number of alkyl halides is 3. The fraction of sp³-hybridized carbons (Fsp3) is 0.130. The summed E-state index contributed by atoms with van der Waals surface area (Å²) in [5.74, 6) is -0.931. The quantitative estimate of drug-likeness (QED) is 0.248. The predicted molar refractivity (Wildman–Crippen MR) is 127 cm³/mol. The van der Waals surface area contributed by atoms with E-state index in [4.69, 9.17) is 39.5 Å². The third-order valence-corrected chi connectivity index (χ3v) is 5.31. The average molecular weight is 548 g/mol. The highest BCUT2D eigenvalue weighted by atomic mass is 35.5. The molecular weight excluding hydrogens is 532 g/mol. The highest BCUT2D eigenvalue weighted by Crippen LogP contribution is 2.42. The van der Waals surface area contributed by atoms with Gasteiger partial charge in [-0.1, -0.05) is 65.1 Å². The van der Waals surface area contributed by atoms with Gasteiger partial charge in [0.05, 0.1) is 15.1 Å². The van der Waals surface area contributed by atoms with Gasteiger partial charge in [0.15, 0.2) is 5.75 Å². The van der Waals surface area contributed by atoms with Gasteiger partial charge < -0.3 is 20.1 Å². The molecule has 184 valence electrons. The molecule has 0 fully saturated rings. The molecule has 0 radical (unpaired) electrons. The molecule has 0 bridgehead atoms. The maximum absolute atomic E-state index is 12.8. The Labute approximate surface area is 212 Å². The van der Waals surface area contributed by atoms with E-state index in [1.807, 2.05) is 0 Å². The molecule has 0 aliphatic rings. The summed E-state index contributed by atoms with van der Waals surface area (Å²) in [7, 11) is 0. The van der Waals surface area contributed by atoms with Crippen LogP contribution in [0.25, 0.3) is 11.1 Å². The maximum Gasteiger partial charge on any atom is 0.573 e. The standard InChI is InChI=1S/C23H16Cl3F3N2O4/c1-12(32)34-21-13(5-4-7-16(21)24)11-30-22(33)31-14-9-17(25)20(18(26)10-14)15-6-2-3-8-19(15)35-23(27,28)29/h2-10H,11H2,1H3,(H2,30,31,33). The molecule has 0 aliphatic heterocycles. The molecule has 3 rings (SSSR count). The first kappa shape index (κ1) is 26.5. The number of urea groups is 1. The third-order valence-electron chi connectivity index (χ3n) is 4.42. The number of anilines is 1. The molecule has 6 nitrogen and oxygen atoms in total. The molecule has 0 aliphatic carbocycles. The Hall–Kier alpha value is -3.14. The molecule has 35 heavy (non-hydrogen) atoms. The van der Waals surface area contributed by atoms with Crippen LogP contribution in [0.5, 0.6) is 11.5 Å². The third kappa shape index (κ3) is 7.17. The van der Waals surface area contributed by atoms with E-state index in [1.165, 1.54) is 43.3 Å². The summed E-state index contributed by atoms with van der Waals surface area (Å²) in [6.07, 6.45) is -4.91. The summed E-state index contributed by atoms with van der Waals surface area (Å²) in [4.78, 5) is 23.7. The van der Waals surface area contributed by atoms with Crippen molar-refractivity contribution in [2.45, 2.75) is 19.8 Å². The van der Waals surface area contributed by atoms with Crippen molar-refractivity contribution in [2.24, 2.45) is 0 Å². The summed E-state index contributed by atoms with van der Waals surface area (Å²) in [5, 5.41) is 5.27. The Morgan fingerprint density at radius 2 is 1.60 bits per heavy atom. The van der Waals surface area contributed by atoms with Crippen LogP contribution in [0.1, 0.15) is 12.5 Å². The number of para-hydroxylation sites is 2. The number of nitrogens with one attached hydrogen (secondary N) is 2. The molecular formula is C23H16Cl3F3N2O4. The van der Waals surface area contributed by atoms with Gasteiger partial charge in [-0.2, -0.15) is 0 Å². The number of halogens is 6. The largest absolute Gasteiger partial charge is 0.573 e. The number of benzene rings is 3. The Kier molecular flexibility index (Phi) is 8.37. The number of esters is 1. The van der Waals surface area contributed by atoms with Crippen molar-refractivity contribution in [3.63, 3.8) is 0 Å². The fourth-order valence-electron chi connectivity index (χ4n) is 3.09. The molecule has 2 N–H and O–H groups in total. The number of carbonyl (C=O) groups excluding carboxylic acids is 2. The smallest absolute Gasteiger partial charge is 0.425 e. The van der Waals surface area contributed by atoms with Crippen molar-refractivity contribution in [3.05, 3.63) is 75.2 Å². The molecule has 0 aromatic heterocycles. The normalized spacial score (nSPS) is 11.1. The second-order valence-electron chi connectivity index (χ2n) is 6.99. The van der Waals surface area contributed by atoms with E-state index in [-0.39, 0.29) is 44.2 Å². The summed E-state index contributed by atoms with van der Waals surface area (Å²) in [5.41, 5.74) is 0.760. The molecule has 0 heterocycles. The van der Waals surface area contributed by atoms with Crippen LogP contribution in [0, 0.1) is 0 Å². The zero-order valence-corrected chi connectivity index (χ0v) is 20.1. The second-order valence-corrected chi connectivity index (χ2v) is 8.21. The minimum atomic E-state index is -4.91. The number of rotatable bonds is 6. The zero-order valence-electron chi connectivity index (χ0n) is 17.8. The highest BCUT2D eigenvalue weighted by molar-refractivity contribution is 6.40. The molecule has 0 atom stereocenters. The lowest BCUT2D eigenvalue weighted by atomic mass is 10.0. The van der Waals surface area contributed by atoms with Gasteiger partial charge in [-0.3, -0.25) is 4.79 Å². The van der Waals surface area contributed by atoms with Crippen LogP contribution < -0.4 is 20.1 Å². The van der Waals surface area contributed by atoms with Crippen LogP contribution in [-0.4, -0.2) is 18.4 Å². The molecule has 12 heteroatoms. The number of amides is 2. The average Bonchev–Trinajstić information content (AvgIpc) is 2.73. The van der Waals surface area contributed by atoms with Gasteiger partial charge in [-0.15, -0.1) is 13.2 Å². The SMILES string of the molecule is CC(=O)Oc1c(Cl)cccc1CNC(=O)Nc1cc(Cl)c(-c2ccccc2OC(F)(F)F)c(Cl)c1. The van der Waals surface area contributed by atoms with E-state index in [1.54, 1.807) is 12.1 Å². The first-order valence-corrected chi connectivity index (χ1v) is 10.9. The van der Waals surface area contributed by atoms with Crippen LogP contribution in [-0.2, 0) is 11.3 Å². The number of hydrogen-bond donors (Lipinski definition) is 2. The molecule has 0 saturated heterocycles. The monoisotopic (exact) mass is 546 g/mol. The van der Waals surface area contributed by atoms with E-state index in [0.29, 0.717) is 5.56 Å². The Morgan fingerprint density at radius 3 is 2.23 bits per heavy atom. The molecule has 0 spiro atoms. The predicted octanol–water partition coefficient (Wildman–Crippen LogP) is 7.46. The van der Waals surface area contributed by atoms with Gasteiger partial charge in [-0.05, 0) is 24.3 Å². The first-order valence-electron chi connectivity index (χ1n) is 9.79. The van der Waals surface area contributed by atoms with Crippen molar-refractivity contribution in [1.29, 1.82) is 0 Å². The van der Waals surface area contributed by atoms with E-state index in [9.17, 15) is 22.8 Å². The molecule has 3 aromatic rings. The topological polar surface area (TPSA) is 76.7 Å². The highest BCUT2D eigenvalue weighted by Gasteiger charge is 2.32. The van der Waals surface area contributed by atoms with Crippen molar-refractivity contribution in [3.8, 4) is 22.6 Å². The van der Waals surface area contributed by atoms with Gasteiger partial charge >= 0.3 is 18.4 Å². The second kappa shape index (κ2) is 11.1. The van der Waals surface area contributed by atoms with E-state index >= 15 is 0 Å².